The highest BCUT2D eigenvalue weighted by molar-refractivity contribution is 5.85. The van der Waals surface area contributed by atoms with Gasteiger partial charge in [0.25, 0.3) is 0 Å². The van der Waals surface area contributed by atoms with Crippen molar-refractivity contribution in [2.24, 2.45) is 5.92 Å². The zero-order chi connectivity index (χ0) is 30.4. The molecule has 2 bridgehead atoms. The fraction of sp³-hybridized carbons (Fsp3) is 0.500. The summed E-state index contributed by atoms with van der Waals surface area (Å²) in [6.07, 6.45) is -1.51. The van der Waals surface area contributed by atoms with Gasteiger partial charge in [0.05, 0.1) is 32.2 Å². The van der Waals surface area contributed by atoms with Gasteiger partial charge in [-0.1, -0.05) is 60.7 Å². The Hall–Kier alpha value is -3.48. The van der Waals surface area contributed by atoms with Crippen LogP contribution in [0.1, 0.15) is 36.8 Å². The van der Waals surface area contributed by atoms with E-state index >= 15 is 0 Å². The number of fused-ring (bicyclic) bond motifs is 3. The summed E-state index contributed by atoms with van der Waals surface area (Å²) in [5.41, 5.74) is -0.851. The topological polar surface area (TPSA) is 128 Å². The number of alkyl halides is 3. The van der Waals surface area contributed by atoms with Gasteiger partial charge in [-0.15, -0.1) is 0 Å². The molecule has 0 saturated carbocycles. The molecule has 4 fully saturated rings. The Labute approximate surface area is 242 Å². The number of aliphatic hydroxyl groups is 1. The van der Waals surface area contributed by atoms with E-state index in [9.17, 15) is 27.9 Å². The van der Waals surface area contributed by atoms with Crippen LogP contribution in [0.15, 0.2) is 60.7 Å². The van der Waals surface area contributed by atoms with E-state index in [4.69, 9.17) is 14.6 Å². The summed E-state index contributed by atoms with van der Waals surface area (Å²) in [6, 6.07) is 18.0. The first-order valence-electron chi connectivity index (χ1n) is 14.1. The summed E-state index contributed by atoms with van der Waals surface area (Å²) in [7, 11) is 0. The second-order valence-electron chi connectivity index (χ2n) is 11.1. The number of carbonyl (C=O) groups excluding carboxylic acids is 3. The van der Waals surface area contributed by atoms with Crippen LogP contribution in [0.3, 0.4) is 0 Å². The van der Waals surface area contributed by atoms with Crippen molar-refractivity contribution in [2.75, 3.05) is 39.3 Å². The minimum Gasteiger partial charge on any atom is -0.542 e. The fourth-order valence-corrected chi connectivity index (χ4v) is 6.10. The first-order valence-corrected chi connectivity index (χ1v) is 14.1. The van der Waals surface area contributed by atoms with Crippen molar-refractivity contribution in [3.63, 3.8) is 0 Å². The Morgan fingerprint density at radius 1 is 0.976 bits per heavy atom. The van der Waals surface area contributed by atoms with Crippen LogP contribution in [0.4, 0.5) is 13.2 Å². The molecule has 6 rings (SSSR count). The molecule has 4 aliphatic rings. The van der Waals surface area contributed by atoms with E-state index in [1.54, 1.807) is 24.3 Å². The van der Waals surface area contributed by atoms with Gasteiger partial charge in [-0.2, -0.15) is 13.2 Å². The van der Waals surface area contributed by atoms with Crippen molar-refractivity contribution < 1.29 is 47.0 Å². The molecule has 4 heterocycles. The quantitative estimate of drug-likeness (QED) is 0.312. The number of carboxylic acid groups (broad SMARTS) is 1. The fourth-order valence-electron chi connectivity index (χ4n) is 6.10. The molecule has 4 saturated heterocycles. The molecule has 2 atom stereocenters. The van der Waals surface area contributed by atoms with E-state index in [2.05, 4.69) is 10.6 Å². The maximum absolute atomic E-state index is 13.6. The maximum Gasteiger partial charge on any atom is 0.430 e. The van der Waals surface area contributed by atoms with Crippen LogP contribution in [0.25, 0.3) is 0 Å². The molecule has 3 N–H and O–H groups in total. The lowest BCUT2D eigenvalue weighted by molar-refractivity contribution is -0.945. The van der Waals surface area contributed by atoms with Crippen molar-refractivity contribution in [1.29, 1.82) is 0 Å². The molecule has 2 aromatic rings. The Balaban J connectivity index is 0.000000517. The number of carboxylic acids is 1. The maximum atomic E-state index is 13.6. The standard InChI is InChI=1S/C28H35N3O4.C2HF3O2/c32-26(24-12-7-15-29-24)30-16-19-31-17-13-21(14-18-31)25(20-31)35-27(33)28(34,22-8-3-1-4-9-22)23-10-5-2-6-11-23;3-2(4,5)1(6)7/h1-6,8-11,21,24-25,29,34H,7,12-20H2;(H,6,7)/t21?,24-,25-,31?;/m0./s1. The number of nitrogens with one attached hydrogen (secondary N) is 2. The Bertz CT molecular complexity index is 1170. The van der Waals surface area contributed by atoms with E-state index in [1.165, 1.54) is 0 Å². The van der Waals surface area contributed by atoms with E-state index in [-0.39, 0.29) is 18.1 Å². The highest BCUT2D eigenvalue weighted by Gasteiger charge is 2.50. The average molecular weight is 592 g/mol. The van der Waals surface area contributed by atoms with Crippen LogP contribution >= 0.6 is 0 Å². The van der Waals surface area contributed by atoms with Crippen LogP contribution < -0.4 is 15.7 Å². The van der Waals surface area contributed by atoms with Gasteiger partial charge in [0, 0.05) is 18.8 Å². The zero-order valence-electron chi connectivity index (χ0n) is 23.1. The summed E-state index contributed by atoms with van der Waals surface area (Å²) < 4.78 is 38.5. The van der Waals surface area contributed by atoms with E-state index in [0.717, 1.165) is 62.9 Å². The molecule has 1 amide bonds. The highest BCUT2D eigenvalue weighted by Crippen LogP contribution is 2.38. The number of nitrogens with zero attached hydrogens (tertiary/aromatic N) is 1. The van der Waals surface area contributed by atoms with E-state index in [0.29, 0.717) is 23.6 Å². The molecule has 0 unspecified atom stereocenters. The number of rotatable bonds is 8. The van der Waals surface area contributed by atoms with Crippen molar-refractivity contribution >= 4 is 17.8 Å². The van der Waals surface area contributed by atoms with Gasteiger partial charge >= 0.3 is 12.1 Å². The first-order chi connectivity index (χ1) is 19.9. The summed E-state index contributed by atoms with van der Waals surface area (Å²) in [6.45, 7) is 5.18. The normalized spacial score (nSPS) is 25.2. The number of ether oxygens (including phenoxy) is 1. The van der Waals surface area contributed by atoms with Gasteiger partial charge in [0.1, 0.15) is 12.5 Å². The van der Waals surface area contributed by atoms with Gasteiger partial charge in [0.2, 0.25) is 11.5 Å². The number of piperidine rings is 3. The number of benzene rings is 2. The lowest BCUT2D eigenvalue weighted by atomic mass is 9.82. The van der Waals surface area contributed by atoms with E-state index < -0.39 is 23.7 Å². The largest absolute Gasteiger partial charge is 0.542 e. The summed E-state index contributed by atoms with van der Waals surface area (Å²) in [4.78, 5) is 34.8. The lowest BCUT2D eigenvalue weighted by Crippen LogP contribution is -2.66. The van der Waals surface area contributed by atoms with Gasteiger partial charge in [0.15, 0.2) is 6.10 Å². The lowest BCUT2D eigenvalue weighted by Gasteiger charge is -2.52. The molecule has 4 aliphatic heterocycles. The SMILES string of the molecule is O=C(NCC[N+]12CCC(CC1)[C@@H](OC(=O)C(O)(c1ccccc1)c1ccccc1)C2)[C@@H]1CCCN1.O=C([O-])C(F)(F)F. The zero-order valence-corrected chi connectivity index (χ0v) is 23.1. The molecule has 9 nitrogen and oxygen atoms in total. The van der Waals surface area contributed by atoms with Crippen molar-refractivity contribution in [2.45, 2.75) is 49.6 Å². The van der Waals surface area contributed by atoms with Crippen molar-refractivity contribution in [3.05, 3.63) is 71.8 Å². The Kier molecular flexibility index (Phi) is 9.90. The number of carbonyl (C=O) groups is 3. The van der Waals surface area contributed by atoms with Crippen LogP contribution in [-0.4, -0.2) is 85.0 Å². The number of quaternary nitrogens is 1. The van der Waals surface area contributed by atoms with Crippen molar-refractivity contribution in [1.82, 2.24) is 10.6 Å². The monoisotopic (exact) mass is 591 g/mol. The second kappa shape index (κ2) is 13.2. The minimum atomic E-state index is -5.19. The third kappa shape index (κ3) is 7.29. The number of hydrogen-bond donors (Lipinski definition) is 3. The third-order valence-electron chi connectivity index (χ3n) is 8.47. The average Bonchev–Trinajstić information content (AvgIpc) is 3.53. The molecular formula is C30H36F3N3O6. The summed E-state index contributed by atoms with van der Waals surface area (Å²) >= 11 is 0. The van der Waals surface area contributed by atoms with Crippen molar-refractivity contribution in [3.8, 4) is 0 Å². The Morgan fingerprint density at radius 2 is 1.52 bits per heavy atom. The number of amides is 1. The van der Waals surface area contributed by atoms with Crippen LogP contribution in [0.5, 0.6) is 0 Å². The van der Waals surface area contributed by atoms with Crippen LogP contribution in [0, 0.1) is 5.92 Å². The summed E-state index contributed by atoms with van der Waals surface area (Å²) in [5.74, 6) is -3.22. The van der Waals surface area contributed by atoms with Crippen LogP contribution in [-0.2, 0) is 24.7 Å². The molecular weight excluding hydrogens is 555 g/mol. The Morgan fingerprint density at radius 3 is 2.00 bits per heavy atom. The molecule has 2 aromatic carbocycles. The molecule has 0 aromatic heterocycles. The molecule has 42 heavy (non-hydrogen) atoms. The minimum absolute atomic E-state index is 0.0653. The predicted octanol–water partition coefficient (Wildman–Crippen LogP) is 1.24. The van der Waals surface area contributed by atoms with Gasteiger partial charge in [-0.25, -0.2) is 4.79 Å². The number of aliphatic carboxylic acids is 1. The predicted molar refractivity (Wildman–Crippen MR) is 143 cm³/mol. The van der Waals surface area contributed by atoms with Crippen LogP contribution in [0.2, 0.25) is 0 Å². The van der Waals surface area contributed by atoms with Gasteiger partial charge < -0.3 is 34.9 Å². The van der Waals surface area contributed by atoms with E-state index in [1.807, 2.05) is 36.4 Å². The molecule has 0 radical (unpaired) electrons. The number of esters is 1. The smallest absolute Gasteiger partial charge is 0.430 e. The third-order valence-corrected chi connectivity index (χ3v) is 8.47. The van der Waals surface area contributed by atoms with Gasteiger partial charge in [-0.3, -0.25) is 4.79 Å². The molecule has 228 valence electrons. The molecule has 0 aliphatic carbocycles. The second-order valence-corrected chi connectivity index (χ2v) is 11.1. The number of halogens is 3. The molecule has 12 heteroatoms. The van der Waals surface area contributed by atoms with Gasteiger partial charge in [-0.05, 0) is 30.5 Å². The molecule has 0 spiro atoms. The highest BCUT2D eigenvalue weighted by atomic mass is 19.4. The number of hydrogen-bond acceptors (Lipinski definition) is 7. The first kappa shape index (κ1) is 31.5. The summed E-state index contributed by atoms with van der Waals surface area (Å²) in [5, 5.41) is 26.9.